The van der Waals surface area contributed by atoms with Gasteiger partial charge in [0.25, 0.3) is 0 Å². The summed E-state index contributed by atoms with van der Waals surface area (Å²) in [6.07, 6.45) is 0. The fourth-order valence-corrected chi connectivity index (χ4v) is 0. The first kappa shape index (κ1) is 38.7. The van der Waals surface area contributed by atoms with Crippen LogP contribution in [0.15, 0.2) is 0 Å². The summed E-state index contributed by atoms with van der Waals surface area (Å²) in [5, 5.41) is 0. The molecule has 0 aromatic heterocycles. The van der Waals surface area contributed by atoms with E-state index in [0.717, 1.165) is 0 Å². The van der Waals surface area contributed by atoms with Crippen molar-refractivity contribution in [1.82, 2.24) is 0 Å². The average molecular weight is 374 g/mol. The van der Waals surface area contributed by atoms with Crippen LogP contribution in [0.2, 0.25) is 0 Å². The van der Waals surface area contributed by atoms with Crippen LogP contribution in [0.4, 0.5) is 0 Å². The third kappa shape index (κ3) is 9.06. The molecule has 0 rings (SSSR count). The third-order valence-corrected chi connectivity index (χ3v) is 0. The van der Waals surface area contributed by atoms with Crippen molar-refractivity contribution >= 4 is 24.8 Å². The molecule has 0 unspecified atom stereocenters. The summed E-state index contributed by atoms with van der Waals surface area (Å²) in [5.74, 6) is 0. The second kappa shape index (κ2) is 20.4. The van der Waals surface area contributed by atoms with Gasteiger partial charge in [-0.3, -0.25) is 0 Å². The molecule has 0 spiro atoms. The molecule has 0 atom stereocenters. The molecular formula is H2Cl2PdPt. The van der Waals surface area contributed by atoms with Gasteiger partial charge in [-0.25, -0.2) is 0 Å². The summed E-state index contributed by atoms with van der Waals surface area (Å²) in [6, 6.07) is 0. The summed E-state index contributed by atoms with van der Waals surface area (Å²) in [6.45, 7) is 0. The molecule has 0 N–H and O–H groups in total. The summed E-state index contributed by atoms with van der Waals surface area (Å²) in [7, 11) is 0. The maximum absolute atomic E-state index is 0. The molecule has 0 amide bonds. The Morgan fingerprint density at radius 3 is 0.750 bits per heavy atom. The number of hydrogen-bond donors (Lipinski definition) is 0. The molecule has 0 bridgehead atoms. The first-order valence-corrected chi connectivity index (χ1v) is 0. The summed E-state index contributed by atoms with van der Waals surface area (Å²) < 4.78 is 0. The Bertz CT molecular complexity index is 6.00. The van der Waals surface area contributed by atoms with Crippen molar-refractivity contribution in [3.05, 3.63) is 0 Å². The average Bonchev–Trinajstić information content (AvgIpc) is 0. The minimum Gasteiger partial charge on any atom is -0.147 e. The van der Waals surface area contributed by atoms with Gasteiger partial charge in [0.1, 0.15) is 0 Å². The van der Waals surface area contributed by atoms with E-state index in [9.17, 15) is 0 Å². The molecular weight excluding hydrogens is 372 g/mol. The van der Waals surface area contributed by atoms with Crippen LogP contribution in [-0.4, -0.2) is 0 Å². The van der Waals surface area contributed by atoms with Crippen LogP contribution >= 0.6 is 24.8 Å². The molecule has 4 heavy (non-hydrogen) atoms. The van der Waals surface area contributed by atoms with Crippen molar-refractivity contribution in [2.75, 3.05) is 0 Å². The predicted octanol–water partition coefficient (Wildman–Crippen LogP) is 0.839. The van der Waals surface area contributed by atoms with E-state index in [4.69, 9.17) is 0 Å². The Morgan fingerprint density at radius 1 is 0.750 bits per heavy atom. The number of halogens is 2. The third-order valence-electron chi connectivity index (χ3n) is 0. The van der Waals surface area contributed by atoms with E-state index >= 15 is 0 Å². The van der Waals surface area contributed by atoms with Crippen LogP contribution in [0.25, 0.3) is 0 Å². The zero-order valence-corrected chi connectivity index (χ0v) is 6.91. The summed E-state index contributed by atoms with van der Waals surface area (Å²) in [5.41, 5.74) is 0. The van der Waals surface area contributed by atoms with Gasteiger partial charge in [0.2, 0.25) is 0 Å². The largest absolute Gasteiger partial charge is 0.147 e. The molecule has 0 aliphatic heterocycles. The zero-order valence-electron chi connectivity index (χ0n) is 1.45. The Balaban J connectivity index is 0. The summed E-state index contributed by atoms with van der Waals surface area (Å²) >= 11 is 0. The van der Waals surface area contributed by atoms with Gasteiger partial charge in [0.05, 0.1) is 0 Å². The maximum Gasteiger partial charge on any atom is 0 e. The van der Waals surface area contributed by atoms with E-state index in [1.54, 1.807) is 0 Å². The van der Waals surface area contributed by atoms with Gasteiger partial charge in [-0.2, -0.15) is 0 Å². The smallest absolute Gasteiger partial charge is 0 e. The Labute approximate surface area is 65.8 Å². The number of rotatable bonds is 0. The quantitative estimate of drug-likeness (QED) is 0.552. The normalized spacial score (nSPS) is 0. The molecule has 4 heteroatoms. The summed E-state index contributed by atoms with van der Waals surface area (Å²) in [4.78, 5) is 0. The predicted molar refractivity (Wildman–Crippen MR) is 14.5 cm³/mol. The van der Waals surface area contributed by atoms with Crippen LogP contribution in [0.1, 0.15) is 0 Å². The van der Waals surface area contributed by atoms with Crippen molar-refractivity contribution in [1.29, 1.82) is 0 Å². The minimum absolute atomic E-state index is 0. The van der Waals surface area contributed by atoms with Crippen molar-refractivity contribution < 1.29 is 41.5 Å². The second-order valence-corrected chi connectivity index (χ2v) is 0. The Hall–Kier alpha value is 1.93. The molecule has 0 aliphatic rings. The fourth-order valence-electron chi connectivity index (χ4n) is 0. The Morgan fingerprint density at radius 2 is 0.750 bits per heavy atom. The van der Waals surface area contributed by atoms with Crippen LogP contribution < -0.4 is 0 Å². The van der Waals surface area contributed by atoms with Crippen LogP contribution in [0.5, 0.6) is 0 Å². The molecule has 0 saturated carbocycles. The van der Waals surface area contributed by atoms with E-state index in [2.05, 4.69) is 0 Å². The monoisotopic (exact) mass is 373 g/mol. The number of hydrogen-bond acceptors (Lipinski definition) is 0. The topological polar surface area (TPSA) is 0 Å². The van der Waals surface area contributed by atoms with Crippen LogP contribution in [0, 0.1) is 0 Å². The molecule has 0 saturated heterocycles. The Kier molecular flexibility index (Phi) is 198. The van der Waals surface area contributed by atoms with Crippen LogP contribution in [-0.2, 0) is 41.5 Å². The van der Waals surface area contributed by atoms with E-state index in [1.165, 1.54) is 0 Å². The molecule has 0 aliphatic carbocycles. The van der Waals surface area contributed by atoms with Gasteiger partial charge in [-0.05, 0) is 0 Å². The van der Waals surface area contributed by atoms with E-state index in [0.29, 0.717) is 0 Å². The standard InChI is InChI=1S/2ClH.Pd.Pt/h2*1H;;. The van der Waals surface area contributed by atoms with Crippen molar-refractivity contribution in [2.45, 2.75) is 0 Å². The van der Waals surface area contributed by atoms with Gasteiger partial charge in [0.15, 0.2) is 0 Å². The molecule has 0 aromatic rings. The molecule has 0 heterocycles. The molecule has 36 valence electrons. The van der Waals surface area contributed by atoms with Gasteiger partial charge >= 0.3 is 0 Å². The molecule has 0 radical (unpaired) electrons. The van der Waals surface area contributed by atoms with Crippen molar-refractivity contribution in [3.8, 4) is 0 Å². The van der Waals surface area contributed by atoms with E-state index < -0.39 is 0 Å². The van der Waals surface area contributed by atoms with E-state index in [-0.39, 0.29) is 66.3 Å². The van der Waals surface area contributed by atoms with Gasteiger partial charge < -0.3 is 0 Å². The van der Waals surface area contributed by atoms with Crippen molar-refractivity contribution in [2.24, 2.45) is 0 Å². The molecule has 0 aromatic carbocycles. The second-order valence-electron chi connectivity index (χ2n) is 0. The van der Waals surface area contributed by atoms with Crippen molar-refractivity contribution in [3.63, 3.8) is 0 Å². The SMILES string of the molecule is Cl.Cl.[Pd].[Pt]. The first-order chi connectivity index (χ1) is 0. The maximum atomic E-state index is 0. The van der Waals surface area contributed by atoms with Gasteiger partial charge in [0, 0.05) is 41.5 Å². The minimum atomic E-state index is 0. The van der Waals surface area contributed by atoms with Gasteiger partial charge in [-0.1, -0.05) is 0 Å². The zero-order chi connectivity index (χ0) is 0. The molecule has 0 fully saturated rings. The first-order valence-electron chi connectivity index (χ1n) is 0. The molecule has 0 nitrogen and oxygen atoms in total. The van der Waals surface area contributed by atoms with E-state index in [1.807, 2.05) is 0 Å². The fraction of sp³-hybridized carbons (Fsp3) is 0. The van der Waals surface area contributed by atoms with Crippen LogP contribution in [0.3, 0.4) is 0 Å². The van der Waals surface area contributed by atoms with Gasteiger partial charge in [-0.15, -0.1) is 24.8 Å².